The van der Waals surface area contributed by atoms with Crippen molar-refractivity contribution < 1.29 is 4.39 Å². The van der Waals surface area contributed by atoms with Crippen molar-refractivity contribution in [2.75, 3.05) is 0 Å². The topological polar surface area (TPSA) is 0 Å². The Morgan fingerprint density at radius 1 is 0.923 bits per heavy atom. The fourth-order valence-electron chi connectivity index (χ4n) is 3.95. The highest BCUT2D eigenvalue weighted by Crippen LogP contribution is 2.42. The van der Waals surface area contributed by atoms with Crippen LogP contribution in [-0.2, 0) is 0 Å². The van der Waals surface area contributed by atoms with Crippen LogP contribution >= 0.6 is 0 Å². The van der Waals surface area contributed by atoms with Gasteiger partial charge in [0, 0.05) is 0 Å². The molecule has 144 valence electrons. The highest BCUT2D eigenvalue weighted by molar-refractivity contribution is 5.31. The summed E-state index contributed by atoms with van der Waals surface area (Å²) in [7, 11) is 0. The molecular weight excluding hydrogens is 319 g/mol. The summed E-state index contributed by atoms with van der Waals surface area (Å²) in [5.41, 5.74) is 3.81. The summed E-state index contributed by atoms with van der Waals surface area (Å²) in [5, 5.41) is 0. The van der Waals surface area contributed by atoms with Crippen molar-refractivity contribution in [2.24, 2.45) is 5.92 Å². The minimum atomic E-state index is -0.135. The van der Waals surface area contributed by atoms with Crippen molar-refractivity contribution in [3.8, 4) is 0 Å². The Balaban J connectivity index is 0.00000163. The summed E-state index contributed by atoms with van der Waals surface area (Å²) in [6, 6.07) is 16.0. The van der Waals surface area contributed by atoms with Crippen molar-refractivity contribution >= 4 is 0 Å². The molecule has 2 rings (SSSR count). The minimum absolute atomic E-state index is 0.135. The van der Waals surface area contributed by atoms with Crippen molar-refractivity contribution in [3.63, 3.8) is 0 Å². The van der Waals surface area contributed by atoms with E-state index >= 15 is 0 Å². The Labute approximate surface area is 160 Å². The molecule has 0 amide bonds. The number of unbranched alkanes of at least 4 members (excludes halogenated alkanes) is 1. The maximum atomic E-state index is 13.7. The Morgan fingerprint density at radius 3 is 2.15 bits per heavy atom. The number of hydrogen-bond acceptors (Lipinski definition) is 0. The SMILES string of the molecule is CC.CCCCC(CC)C(c1cccc(C)c1)C(C)c1cccc(F)c1. The molecule has 0 nitrogen and oxygen atoms in total. The van der Waals surface area contributed by atoms with Gasteiger partial charge in [0.1, 0.15) is 5.82 Å². The average Bonchev–Trinajstić information content (AvgIpc) is 2.66. The zero-order chi connectivity index (χ0) is 19.5. The van der Waals surface area contributed by atoms with Gasteiger partial charge >= 0.3 is 0 Å². The van der Waals surface area contributed by atoms with Gasteiger partial charge in [-0.05, 0) is 54.4 Å². The van der Waals surface area contributed by atoms with Crippen molar-refractivity contribution in [1.29, 1.82) is 0 Å². The summed E-state index contributed by atoms with van der Waals surface area (Å²) < 4.78 is 13.7. The molecule has 0 N–H and O–H groups in total. The number of rotatable bonds is 8. The number of benzene rings is 2. The number of halogens is 1. The van der Waals surface area contributed by atoms with E-state index in [4.69, 9.17) is 0 Å². The molecule has 0 heterocycles. The highest BCUT2D eigenvalue weighted by atomic mass is 19.1. The second-order valence-electron chi connectivity index (χ2n) is 7.09. The molecular formula is C25H37F. The van der Waals surface area contributed by atoms with Gasteiger partial charge in [0.05, 0.1) is 0 Å². The van der Waals surface area contributed by atoms with Crippen LogP contribution in [0.5, 0.6) is 0 Å². The Kier molecular flexibility index (Phi) is 10.2. The molecule has 2 aromatic rings. The largest absolute Gasteiger partial charge is 0.207 e. The van der Waals surface area contributed by atoms with Crippen LogP contribution in [0.1, 0.15) is 88.8 Å². The lowest BCUT2D eigenvalue weighted by Gasteiger charge is -2.33. The summed E-state index contributed by atoms with van der Waals surface area (Å²) in [6.07, 6.45) is 4.89. The molecule has 0 saturated heterocycles. The Morgan fingerprint density at radius 2 is 1.58 bits per heavy atom. The third kappa shape index (κ3) is 6.27. The van der Waals surface area contributed by atoms with E-state index in [0.29, 0.717) is 17.8 Å². The van der Waals surface area contributed by atoms with E-state index < -0.39 is 0 Å². The summed E-state index contributed by atoms with van der Waals surface area (Å²) >= 11 is 0. The number of hydrogen-bond donors (Lipinski definition) is 0. The molecule has 1 heteroatoms. The first-order valence-corrected chi connectivity index (χ1v) is 10.4. The van der Waals surface area contributed by atoms with Crippen LogP contribution in [0.4, 0.5) is 4.39 Å². The van der Waals surface area contributed by atoms with Gasteiger partial charge in [-0.15, -0.1) is 0 Å². The molecule has 0 aliphatic carbocycles. The normalized spacial score (nSPS) is 14.1. The molecule has 3 atom stereocenters. The van der Waals surface area contributed by atoms with Crippen molar-refractivity contribution in [2.45, 2.75) is 79.1 Å². The molecule has 0 bridgehead atoms. The standard InChI is InChI=1S/C23H31F.C2H6/c1-5-7-11-19(6-2)23(21-13-8-10-17(3)15-21)18(4)20-12-9-14-22(24)16-20;1-2/h8-10,12-16,18-19,23H,5-7,11H2,1-4H3;1-2H3. The smallest absolute Gasteiger partial charge is 0.123 e. The van der Waals surface area contributed by atoms with Crippen LogP contribution in [0.3, 0.4) is 0 Å². The van der Waals surface area contributed by atoms with Gasteiger partial charge in [-0.1, -0.05) is 95.8 Å². The van der Waals surface area contributed by atoms with E-state index in [9.17, 15) is 4.39 Å². The lowest BCUT2D eigenvalue weighted by atomic mass is 9.72. The van der Waals surface area contributed by atoms with E-state index in [-0.39, 0.29) is 5.82 Å². The third-order valence-corrected chi connectivity index (χ3v) is 5.30. The van der Waals surface area contributed by atoms with Gasteiger partial charge in [-0.2, -0.15) is 0 Å². The number of aryl methyl sites for hydroxylation is 1. The Hall–Kier alpha value is -1.63. The summed E-state index contributed by atoms with van der Waals surface area (Å²) in [4.78, 5) is 0. The molecule has 0 saturated carbocycles. The zero-order valence-corrected chi connectivity index (χ0v) is 17.6. The molecule has 0 aliphatic rings. The van der Waals surface area contributed by atoms with Crippen LogP contribution in [0.25, 0.3) is 0 Å². The summed E-state index contributed by atoms with van der Waals surface area (Å²) in [5.74, 6) is 1.24. The van der Waals surface area contributed by atoms with Gasteiger partial charge in [0.2, 0.25) is 0 Å². The fourth-order valence-corrected chi connectivity index (χ4v) is 3.95. The van der Waals surface area contributed by atoms with Crippen LogP contribution < -0.4 is 0 Å². The minimum Gasteiger partial charge on any atom is -0.207 e. The van der Waals surface area contributed by atoms with Crippen LogP contribution in [0.15, 0.2) is 48.5 Å². The molecule has 0 radical (unpaired) electrons. The second-order valence-corrected chi connectivity index (χ2v) is 7.09. The zero-order valence-electron chi connectivity index (χ0n) is 17.6. The highest BCUT2D eigenvalue weighted by Gasteiger charge is 2.28. The maximum Gasteiger partial charge on any atom is 0.123 e. The predicted molar refractivity (Wildman–Crippen MR) is 113 cm³/mol. The molecule has 3 unspecified atom stereocenters. The van der Waals surface area contributed by atoms with E-state index in [0.717, 1.165) is 12.0 Å². The third-order valence-electron chi connectivity index (χ3n) is 5.30. The molecule has 0 aromatic heterocycles. The van der Waals surface area contributed by atoms with E-state index in [1.54, 1.807) is 6.07 Å². The monoisotopic (exact) mass is 356 g/mol. The van der Waals surface area contributed by atoms with Gasteiger partial charge in [-0.25, -0.2) is 4.39 Å². The molecule has 2 aromatic carbocycles. The maximum absolute atomic E-state index is 13.7. The van der Waals surface area contributed by atoms with Crippen molar-refractivity contribution in [1.82, 2.24) is 0 Å². The quantitative estimate of drug-likeness (QED) is 0.446. The lowest BCUT2D eigenvalue weighted by molar-refractivity contribution is 0.337. The summed E-state index contributed by atoms with van der Waals surface area (Å²) in [6.45, 7) is 13.0. The van der Waals surface area contributed by atoms with Gasteiger partial charge in [0.15, 0.2) is 0 Å². The van der Waals surface area contributed by atoms with Crippen molar-refractivity contribution in [3.05, 3.63) is 71.0 Å². The van der Waals surface area contributed by atoms with E-state index in [1.807, 2.05) is 19.9 Å². The van der Waals surface area contributed by atoms with Gasteiger partial charge < -0.3 is 0 Å². The molecule has 26 heavy (non-hydrogen) atoms. The first-order chi connectivity index (χ1) is 12.6. The molecule has 0 spiro atoms. The van der Waals surface area contributed by atoms with Crippen LogP contribution in [0.2, 0.25) is 0 Å². The first kappa shape index (κ1) is 22.4. The van der Waals surface area contributed by atoms with E-state index in [2.05, 4.69) is 58.0 Å². The molecule has 0 aliphatic heterocycles. The fraction of sp³-hybridized carbons (Fsp3) is 0.520. The average molecular weight is 357 g/mol. The van der Waals surface area contributed by atoms with Gasteiger partial charge in [0.25, 0.3) is 0 Å². The van der Waals surface area contributed by atoms with Crippen LogP contribution in [-0.4, -0.2) is 0 Å². The van der Waals surface area contributed by atoms with Gasteiger partial charge in [-0.3, -0.25) is 0 Å². The van der Waals surface area contributed by atoms with E-state index in [1.165, 1.54) is 36.5 Å². The Bertz CT molecular complexity index is 632. The lowest BCUT2D eigenvalue weighted by Crippen LogP contribution is -2.19. The first-order valence-electron chi connectivity index (χ1n) is 10.4. The molecule has 0 fully saturated rings. The second kappa shape index (κ2) is 11.9. The predicted octanol–water partition coefficient (Wildman–Crippen LogP) is 8.26. The van der Waals surface area contributed by atoms with Crippen LogP contribution in [0, 0.1) is 18.7 Å².